The van der Waals surface area contributed by atoms with E-state index in [0.29, 0.717) is 6.04 Å². The first-order valence-corrected chi connectivity index (χ1v) is 9.88. The van der Waals surface area contributed by atoms with Crippen LogP contribution in [-0.4, -0.2) is 27.8 Å². The van der Waals surface area contributed by atoms with Crippen LogP contribution in [0.25, 0.3) is 10.9 Å². The van der Waals surface area contributed by atoms with E-state index < -0.39 is 0 Å². The van der Waals surface area contributed by atoms with Gasteiger partial charge in [0, 0.05) is 27.4 Å². The minimum atomic E-state index is 0.449. The summed E-state index contributed by atoms with van der Waals surface area (Å²) < 4.78 is 4.53. The lowest BCUT2D eigenvalue weighted by atomic mass is 10.0. The molecule has 124 valence electrons. The molecule has 3 aromatic rings. The molecule has 24 heavy (non-hydrogen) atoms. The van der Waals surface area contributed by atoms with Gasteiger partial charge in [0.05, 0.1) is 17.8 Å². The summed E-state index contributed by atoms with van der Waals surface area (Å²) in [5.41, 5.74) is 2.57. The maximum absolute atomic E-state index is 4.67. The molecule has 1 fully saturated rings. The number of halogens is 2. The molecule has 0 radical (unpaired) electrons. The van der Waals surface area contributed by atoms with Crippen LogP contribution in [0.2, 0.25) is 0 Å². The second-order valence-electron chi connectivity index (χ2n) is 6.41. The third-order valence-corrected chi connectivity index (χ3v) is 6.00. The average Bonchev–Trinajstić information content (AvgIpc) is 3.03. The number of rotatable bonds is 3. The summed E-state index contributed by atoms with van der Waals surface area (Å²) in [5.74, 6) is 0. The number of aromatic nitrogens is 2. The zero-order valence-corrected chi connectivity index (χ0v) is 16.5. The summed E-state index contributed by atoms with van der Waals surface area (Å²) in [6.45, 7) is 3.16. The number of hydrogen-bond acceptors (Lipinski definition) is 2. The van der Waals surface area contributed by atoms with Gasteiger partial charge < -0.3 is 0 Å². The van der Waals surface area contributed by atoms with Gasteiger partial charge in [0.2, 0.25) is 0 Å². The highest BCUT2D eigenvalue weighted by Crippen LogP contribution is 2.28. The smallest absolute Gasteiger partial charge is 0.0686 e. The van der Waals surface area contributed by atoms with Gasteiger partial charge in [-0.3, -0.25) is 9.58 Å². The first-order valence-electron chi connectivity index (χ1n) is 8.29. The Balaban J connectivity index is 1.54. The Morgan fingerprint density at radius 1 is 1.12 bits per heavy atom. The van der Waals surface area contributed by atoms with Crippen LogP contribution in [0.1, 0.15) is 24.4 Å². The SMILES string of the molecule is Brc1ccc(Br)c(CN2CCCC(n3ncc4ccccc43)C2)c1. The molecule has 1 unspecified atom stereocenters. The lowest BCUT2D eigenvalue weighted by Gasteiger charge is -2.33. The summed E-state index contributed by atoms with van der Waals surface area (Å²) in [6.07, 6.45) is 4.39. The van der Waals surface area contributed by atoms with Gasteiger partial charge >= 0.3 is 0 Å². The van der Waals surface area contributed by atoms with Crippen molar-refractivity contribution in [3.05, 3.63) is 63.2 Å². The van der Waals surface area contributed by atoms with E-state index in [0.717, 1.165) is 24.1 Å². The van der Waals surface area contributed by atoms with Gasteiger partial charge in [-0.05, 0) is 49.2 Å². The number of likely N-dealkylation sites (tertiary alicyclic amines) is 1. The van der Waals surface area contributed by atoms with E-state index in [9.17, 15) is 0 Å². The Bertz CT molecular complexity index is 859. The van der Waals surface area contributed by atoms with Crippen LogP contribution in [0, 0.1) is 0 Å². The number of nitrogens with zero attached hydrogens (tertiary/aromatic N) is 3. The molecule has 0 saturated carbocycles. The third kappa shape index (κ3) is 3.30. The van der Waals surface area contributed by atoms with Crippen LogP contribution in [0.3, 0.4) is 0 Å². The number of hydrogen-bond donors (Lipinski definition) is 0. The van der Waals surface area contributed by atoms with Gasteiger partial charge in [0.1, 0.15) is 0 Å². The topological polar surface area (TPSA) is 21.1 Å². The van der Waals surface area contributed by atoms with E-state index in [-0.39, 0.29) is 0 Å². The van der Waals surface area contributed by atoms with Crippen molar-refractivity contribution in [2.45, 2.75) is 25.4 Å². The molecule has 1 saturated heterocycles. The molecule has 0 bridgehead atoms. The highest BCUT2D eigenvalue weighted by atomic mass is 79.9. The van der Waals surface area contributed by atoms with Crippen molar-refractivity contribution in [3.63, 3.8) is 0 Å². The first kappa shape index (κ1) is 16.3. The van der Waals surface area contributed by atoms with Gasteiger partial charge in [-0.2, -0.15) is 5.10 Å². The second-order valence-corrected chi connectivity index (χ2v) is 8.18. The molecular weight excluding hydrogens is 430 g/mol. The van der Waals surface area contributed by atoms with E-state index in [1.807, 2.05) is 6.20 Å². The van der Waals surface area contributed by atoms with Crippen molar-refractivity contribution < 1.29 is 0 Å². The minimum Gasteiger partial charge on any atom is -0.297 e. The summed E-state index contributed by atoms with van der Waals surface area (Å²) in [6, 6.07) is 15.3. The molecule has 1 aliphatic heterocycles. The number of para-hydroxylation sites is 1. The molecular formula is C19H19Br2N3. The summed E-state index contributed by atoms with van der Waals surface area (Å²) in [7, 11) is 0. The van der Waals surface area contributed by atoms with Crippen molar-refractivity contribution in [2.24, 2.45) is 0 Å². The van der Waals surface area contributed by atoms with E-state index >= 15 is 0 Å². The largest absolute Gasteiger partial charge is 0.297 e. The highest BCUT2D eigenvalue weighted by Gasteiger charge is 2.23. The van der Waals surface area contributed by atoms with Gasteiger partial charge in [-0.15, -0.1) is 0 Å². The van der Waals surface area contributed by atoms with Crippen LogP contribution >= 0.6 is 31.9 Å². The molecule has 1 aliphatic rings. The normalized spacial score (nSPS) is 19.0. The highest BCUT2D eigenvalue weighted by molar-refractivity contribution is 9.11. The number of fused-ring (bicyclic) bond motifs is 1. The Labute approximate surface area is 158 Å². The van der Waals surface area contributed by atoms with Gasteiger partial charge in [0.15, 0.2) is 0 Å². The van der Waals surface area contributed by atoms with E-state index in [4.69, 9.17) is 0 Å². The fourth-order valence-electron chi connectivity index (χ4n) is 3.56. The zero-order chi connectivity index (χ0) is 16.5. The predicted octanol–water partition coefficient (Wildman–Crippen LogP) is 5.40. The van der Waals surface area contributed by atoms with Crippen molar-refractivity contribution >= 4 is 42.8 Å². The summed E-state index contributed by atoms with van der Waals surface area (Å²) >= 11 is 7.26. The Morgan fingerprint density at radius 2 is 2.00 bits per heavy atom. The molecule has 2 aromatic carbocycles. The van der Waals surface area contributed by atoms with E-state index in [1.165, 1.54) is 33.8 Å². The molecule has 4 rings (SSSR count). The third-order valence-electron chi connectivity index (χ3n) is 4.73. The van der Waals surface area contributed by atoms with Crippen molar-refractivity contribution in [1.82, 2.24) is 14.7 Å². The summed E-state index contributed by atoms with van der Waals surface area (Å²) in [4.78, 5) is 2.54. The standard InChI is InChI=1S/C19H19Br2N3/c20-16-7-8-18(21)15(10-16)12-23-9-3-5-17(13-23)24-19-6-2-1-4-14(19)11-22-24/h1-2,4,6-8,10-11,17H,3,5,9,12-13H2. The van der Waals surface area contributed by atoms with Gasteiger partial charge in [-0.1, -0.05) is 50.1 Å². The lowest BCUT2D eigenvalue weighted by Crippen LogP contribution is -2.36. The second kappa shape index (κ2) is 6.98. The number of benzene rings is 2. The molecule has 0 aliphatic carbocycles. The minimum absolute atomic E-state index is 0.449. The van der Waals surface area contributed by atoms with Crippen molar-refractivity contribution in [2.75, 3.05) is 13.1 Å². The average molecular weight is 449 g/mol. The maximum Gasteiger partial charge on any atom is 0.0686 e. The van der Waals surface area contributed by atoms with Crippen LogP contribution in [-0.2, 0) is 6.54 Å². The van der Waals surface area contributed by atoms with Crippen LogP contribution in [0.4, 0.5) is 0 Å². The van der Waals surface area contributed by atoms with Crippen LogP contribution in [0.5, 0.6) is 0 Å². The monoisotopic (exact) mass is 447 g/mol. The van der Waals surface area contributed by atoms with Crippen LogP contribution < -0.4 is 0 Å². The fourth-order valence-corrected chi connectivity index (χ4v) is 4.34. The predicted molar refractivity (Wildman–Crippen MR) is 105 cm³/mol. The molecule has 0 N–H and O–H groups in total. The van der Waals surface area contributed by atoms with Crippen LogP contribution in [0.15, 0.2) is 57.6 Å². The molecule has 1 atom stereocenters. The van der Waals surface area contributed by atoms with Gasteiger partial charge in [-0.25, -0.2) is 0 Å². The molecule has 3 nitrogen and oxygen atoms in total. The maximum atomic E-state index is 4.67. The number of piperidine rings is 1. The molecule has 0 spiro atoms. The molecule has 0 amide bonds. The molecule has 5 heteroatoms. The zero-order valence-electron chi connectivity index (χ0n) is 13.3. The van der Waals surface area contributed by atoms with E-state index in [2.05, 4.69) is 89.0 Å². The Hall–Kier alpha value is -1.17. The van der Waals surface area contributed by atoms with E-state index in [1.54, 1.807) is 0 Å². The van der Waals surface area contributed by atoms with Crippen molar-refractivity contribution in [1.29, 1.82) is 0 Å². The summed E-state index contributed by atoms with van der Waals surface area (Å²) in [5, 5.41) is 5.89. The fraction of sp³-hybridized carbons (Fsp3) is 0.316. The molecule has 1 aromatic heterocycles. The molecule has 2 heterocycles. The Morgan fingerprint density at radius 3 is 2.92 bits per heavy atom. The quantitative estimate of drug-likeness (QED) is 0.534. The van der Waals surface area contributed by atoms with Gasteiger partial charge in [0.25, 0.3) is 0 Å². The lowest BCUT2D eigenvalue weighted by molar-refractivity contribution is 0.165. The van der Waals surface area contributed by atoms with Crippen molar-refractivity contribution in [3.8, 4) is 0 Å². The Kier molecular flexibility index (Phi) is 4.74. The first-order chi connectivity index (χ1) is 11.7.